The van der Waals surface area contributed by atoms with E-state index in [2.05, 4.69) is 13.0 Å². The Morgan fingerprint density at radius 1 is 1.53 bits per heavy atom. The number of thioether (sulfide) groups is 1. The van der Waals surface area contributed by atoms with Gasteiger partial charge in [-0.1, -0.05) is 30.7 Å². The van der Waals surface area contributed by atoms with Crippen LogP contribution in [0.2, 0.25) is 5.02 Å². The highest BCUT2D eigenvalue weighted by Gasteiger charge is 2.36. The molecule has 0 aromatic heterocycles. The molecule has 1 aliphatic rings. The van der Waals surface area contributed by atoms with Gasteiger partial charge in [-0.3, -0.25) is 0 Å². The monoisotopic (exact) mass is 270 g/mol. The predicted molar refractivity (Wildman–Crippen MR) is 76.0 cm³/mol. The number of hydrogen-bond donors (Lipinski definition) is 1. The summed E-state index contributed by atoms with van der Waals surface area (Å²) >= 11 is 8.10. The molecule has 2 atom stereocenters. The smallest absolute Gasteiger partial charge is 0.0804 e. The predicted octanol–water partition coefficient (Wildman–Crippen LogP) is 3.84. The maximum Gasteiger partial charge on any atom is 0.0804 e. The zero-order chi connectivity index (χ0) is 12.5. The molecule has 1 aromatic carbocycles. The van der Waals surface area contributed by atoms with Crippen LogP contribution in [0, 0.1) is 6.92 Å². The maximum atomic E-state index is 10.7. The summed E-state index contributed by atoms with van der Waals surface area (Å²) in [5, 5.41) is 11.8. The topological polar surface area (TPSA) is 20.2 Å². The lowest BCUT2D eigenvalue weighted by atomic mass is 9.87. The molecular weight excluding hydrogens is 252 g/mol. The summed E-state index contributed by atoms with van der Waals surface area (Å²) in [6.07, 6.45) is 2.64. The van der Waals surface area contributed by atoms with E-state index >= 15 is 0 Å². The number of aliphatic hydroxyl groups is 1. The van der Waals surface area contributed by atoms with Crippen molar-refractivity contribution in [3.05, 3.63) is 34.3 Å². The first kappa shape index (κ1) is 13.3. The van der Waals surface area contributed by atoms with Gasteiger partial charge in [-0.25, -0.2) is 0 Å². The standard InChI is InChI=1S/C14H19ClOS/c1-10-4-5-12(13(15)8-10)9-14(16)6-3-7-17-11(14)2/h4-5,8,11,16H,3,6-7,9H2,1-2H3. The van der Waals surface area contributed by atoms with Crippen LogP contribution in [-0.2, 0) is 6.42 Å². The van der Waals surface area contributed by atoms with Gasteiger partial charge in [0.05, 0.1) is 5.60 Å². The lowest BCUT2D eigenvalue weighted by Crippen LogP contribution is -2.43. The zero-order valence-corrected chi connectivity index (χ0v) is 11.9. The highest BCUT2D eigenvalue weighted by Crippen LogP contribution is 2.37. The molecule has 0 aliphatic carbocycles. The van der Waals surface area contributed by atoms with Gasteiger partial charge in [-0.2, -0.15) is 11.8 Å². The first-order valence-corrected chi connectivity index (χ1v) is 7.53. The fourth-order valence-electron chi connectivity index (χ4n) is 2.35. The number of hydrogen-bond acceptors (Lipinski definition) is 2. The fraction of sp³-hybridized carbons (Fsp3) is 0.571. The van der Waals surface area contributed by atoms with Crippen LogP contribution in [0.5, 0.6) is 0 Å². The lowest BCUT2D eigenvalue weighted by molar-refractivity contribution is 0.0298. The van der Waals surface area contributed by atoms with Crippen molar-refractivity contribution in [3.8, 4) is 0 Å². The molecule has 2 rings (SSSR count). The van der Waals surface area contributed by atoms with Crippen LogP contribution in [0.1, 0.15) is 30.9 Å². The average Bonchev–Trinajstić information content (AvgIpc) is 2.27. The highest BCUT2D eigenvalue weighted by atomic mass is 35.5. The maximum absolute atomic E-state index is 10.7. The van der Waals surface area contributed by atoms with Crippen molar-refractivity contribution in [3.63, 3.8) is 0 Å². The Labute approximate surface area is 113 Å². The summed E-state index contributed by atoms with van der Waals surface area (Å²) in [5.41, 5.74) is 1.63. The summed E-state index contributed by atoms with van der Waals surface area (Å²) < 4.78 is 0. The lowest BCUT2D eigenvalue weighted by Gasteiger charge is -2.38. The third-order valence-corrected chi connectivity index (χ3v) is 5.40. The highest BCUT2D eigenvalue weighted by molar-refractivity contribution is 8.00. The minimum absolute atomic E-state index is 0.286. The van der Waals surface area contributed by atoms with E-state index in [1.165, 1.54) is 0 Å². The van der Waals surface area contributed by atoms with E-state index in [1.807, 2.05) is 30.8 Å². The second-order valence-corrected chi connectivity index (χ2v) is 6.85. The normalized spacial score (nSPS) is 29.3. The second kappa shape index (κ2) is 5.21. The molecule has 0 spiro atoms. The quantitative estimate of drug-likeness (QED) is 0.881. The van der Waals surface area contributed by atoms with Gasteiger partial charge in [0.2, 0.25) is 0 Å². The number of halogens is 1. The SMILES string of the molecule is Cc1ccc(CC2(O)CCCSC2C)c(Cl)c1. The van der Waals surface area contributed by atoms with Crippen molar-refractivity contribution in [2.24, 2.45) is 0 Å². The van der Waals surface area contributed by atoms with Gasteiger partial charge in [0.1, 0.15) is 0 Å². The molecule has 94 valence electrons. The Bertz CT molecular complexity index is 407. The molecule has 1 heterocycles. The van der Waals surface area contributed by atoms with Crippen molar-refractivity contribution in [1.29, 1.82) is 0 Å². The first-order chi connectivity index (χ1) is 8.01. The van der Waals surface area contributed by atoms with Crippen molar-refractivity contribution in [2.45, 2.75) is 44.0 Å². The molecule has 0 amide bonds. The number of benzene rings is 1. The van der Waals surface area contributed by atoms with Gasteiger partial charge in [0.15, 0.2) is 0 Å². The van der Waals surface area contributed by atoms with E-state index in [4.69, 9.17) is 11.6 Å². The molecule has 0 saturated carbocycles. The number of rotatable bonds is 2. The van der Waals surface area contributed by atoms with Crippen molar-refractivity contribution in [2.75, 3.05) is 5.75 Å². The van der Waals surface area contributed by atoms with Crippen molar-refractivity contribution in [1.82, 2.24) is 0 Å². The minimum atomic E-state index is -0.595. The third kappa shape index (κ3) is 2.98. The van der Waals surface area contributed by atoms with E-state index in [0.29, 0.717) is 6.42 Å². The molecule has 1 saturated heterocycles. The summed E-state index contributed by atoms with van der Waals surface area (Å²) in [6, 6.07) is 6.08. The van der Waals surface area contributed by atoms with Gasteiger partial charge in [0, 0.05) is 16.7 Å². The van der Waals surface area contributed by atoms with Gasteiger partial charge < -0.3 is 5.11 Å². The summed E-state index contributed by atoms with van der Waals surface area (Å²) in [4.78, 5) is 0. The number of aryl methyl sites for hydroxylation is 1. The molecule has 1 aromatic rings. The van der Waals surface area contributed by atoms with Crippen LogP contribution in [0.25, 0.3) is 0 Å². The van der Waals surface area contributed by atoms with Crippen LogP contribution in [-0.4, -0.2) is 21.7 Å². The van der Waals surface area contributed by atoms with Crippen LogP contribution in [0.15, 0.2) is 18.2 Å². The van der Waals surface area contributed by atoms with Crippen molar-refractivity contribution >= 4 is 23.4 Å². The molecule has 0 bridgehead atoms. The largest absolute Gasteiger partial charge is 0.388 e. The van der Waals surface area contributed by atoms with E-state index in [1.54, 1.807) is 0 Å². The molecule has 2 unspecified atom stereocenters. The molecular formula is C14H19ClOS. The van der Waals surface area contributed by atoms with E-state index in [-0.39, 0.29) is 5.25 Å². The first-order valence-electron chi connectivity index (χ1n) is 6.10. The zero-order valence-electron chi connectivity index (χ0n) is 10.4. The van der Waals surface area contributed by atoms with Crippen molar-refractivity contribution < 1.29 is 5.11 Å². The molecule has 1 nitrogen and oxygen atoms in total. The summed E-state index contributed by atoms with van der Waals surface area (Å²) in [7, 11) is 0. The Morgan fingerprint density at radius 2 is 2.29 bits per heavy atom. The van der Waals surface area contributed by atoms with E-state index in [9.17, 15) is 5.11 Å². The van der Waals surface area contributed by atoms with Gasteiger partial charge in [-0.05, 0) is 42.7 Å². The summed E-state index contributed by atoms with van der Waals surface area (Å²) in [6.45, 7) is 4.15. The second-order valence-electron chi connectivity index (χ2n) is 4.99. The van der Waals surface area contributed by atoms with Gasteiger partial charge >= 0.3 is 0 Å². The molecule has 1 fully saturated rings. The van der Waals surface area contributed by atoms with Crippen LogP contribution < -0.4 is 0 Å². The fourth-order valence-corrected chi connectivity index (χ4v) is 3.83. The minimum Gasteiger partial charge on any atom is -0.388 e. The van der Waals surface area contributed by atoms with Gasteiger partial charge in [0.25, 0.3) is 0 Å². The molecule has 3 heteroatoms. The third-order valence-electron chi connectivity index (χ3n) is 3.58. The Hall–Kier alpha value is -0.180. The molecule has 1 aliphatic heterocycles. The van der Waals surface area contributed by atoms with E-state index in [0.717, 1.165) is 34.7 Å². The van der Waals surface area contributed by atoms with Crippen LogP contribution >= 0.6 is 23.4 Å². The van der Waals surface area contributed by atoms with Gasteiger partial charge in [-0.15, -0.1) is 0 Å². The van der Waals surface area contributed by atoms with E-state index < -0.39 is 5.60 Å². The molecule has 17 heavy (non-hydrogen) atoms. The summed E-state index contributed by atoms with van der Waals surface area (Å²) in [5.74, 6) is 1.16. The van der Waals surface area contributed by atoms with Crippen LogP contribution in [0.3, 0.4) is 0 Å². The Balaban J connectivity index is 2.19. The van der Waals surface area contributed by atoms with Crippen LogP contribution in [0.4, 0.5) is 0 Å². The Kier molecular flexibility index (Phi) is 4.06. The molecule has 1 N–H and O–H groups in total. The molecule has 0 radical (unpaired) electrons. The average molecular weight is 271 g/mol. The Morgan fingerprint density at radius 3 is 2.94 bits per heavy atom.